The summed E-state index contributed by atoms with van der Waals surface area (Å²) in [6, 6.07) is 1.36. The van der Waals surface area contributed by atoms with Crippen molar-refractivity contribution in [3.8, 4) is 0 Å². The van der Waals surface area contributed by atoms with Gasteiger partial charge in [0.1, 0.15) is 5.76 Å². The number of aryl methyl sites for hydroxylation is 1. The summed E-state index contributed by atoms with van der Waals surface area (Å²) in [6.45, 7) is 4.29. The first-order valence-corrected chi connectivity index (χ1v) is 6.59. The van der Waals surface area contributed by atoms with Crippen LogP contribution >= 0.6 is 0 Å². The lowest BCUT2D eigenvalue weighted by Crippen LogP contribution is -2.43. The fraction of sp³-hybridized carbons (Fsp3) is 0.500. The summed E-state index contributed by atoms with van der Waals surface area (Å²) in [4.78, 5) is 37.0. The number of carbonyl (C=O) groups is 2. The summed E-state index contributed by atoms with van der Waals surface area (Å²) < 4.78 is 5.03. The number of imide groups is 1. The van der Waals surface area contributed by atoms with E-state index in [2.05, 4.69) is 0 Å². The van der Waals surface area contributed by atoms with Crippen molar-refractivity contribution < 1.29 is 14.0 Å². The van der Waals surface area contributed by atoms with Gasteiger partial charge in [-0.25, -0.2) is 4.79 Å². The monoisotopic (exact) mass is 263 g/mol. The molecule has 1 aromatic heterocycles. The van der Waals surface area contributed by atoms with Crippen LogP contribution in [0.1, 0.15) is 48.4 Å². The molecular formula is C14H17NO4. The molecule has 0 saturated heterocycles. The van der Waals surface area contributed by atoms with Crippen molar-refractivity contribution in [1.82, 2.24) is 4.90 Å². The van der Waals surface area contributed by atoms with E-state index in [9.17, 15) is 14.4 Å². The van der Waals surface area contributed by atoms with E-state index < -0.39 is 5.63 Å². The van der Waals surface area contributed by atoms with Crippen molar-refractivity contribution in [2.75, 3.05) is 6.54 Å². The van der Waals surface area contributed by atoms with E-state index in [-0.39, 0.29) is 24.0 Å². The molecule has 0 radical (unpaired) electrons. The molecular weight excluding hydrogens is 246 g/mol. The van der Waals surface area contributed by atoms with E-state index in [1.165, 1.54) is 11.0 Å². The molecule has 0 aromatic carbocycles. The zero-order valence-corrected chi connectivity index (χ0v) is 11.2. The van der Waals surface area contributed by atoms with E-state index in [1.54, 1.807) is 0 Å². The smallest absolute Gasteiger partial charge is 0.336 e. The van der Waals surface area contributed by atoms with E-state index in [0.717, 1.165) is 6.42 Å². The maximum absolute atomic E-state index is 12.4. The van der Waals surface area contributed by atoms with Crippen LogP contribution in [0.2, 0.25) is 0 Å². The second-order valence-electron chi connectivity index (χ2n) is 4.67. The Balaban J connectivity index is 2.53. The highest BCUT2D eigenvalue weighted by molar-refractivity contribution is 6.09. The number of hydrogen-bond acceptors (Lipinski definition) is 4. The number of rotatable bonds is 4. The van der Waals surface area contributed by atoms with Crippen LogP contribution in [0.5, 0.6) is 0 Å². The third kappa shape index (κ3) is 2.45. The summed E-state index contributed by atoms with van der Waals surface area (Å²) in [6.07, 6.45) is 2.17. The van der Waals surface area contributed by atoms with Crippen LogP contribution < -0.4 is 5.63 Å². The van der Waals surface area contributed by atoms with Crippen molar-refractivity contribution in [2.45, 2.75) is 39.5 Å². The normalized spacial score (nSPS) is 14.7. The van der Waals surface area contributed by atoms with Crippen molar-refractivity contribution in [3.05, 3.63) is 33.4 Å². The molecule has 0 aliphatic carbocycles. The largest absolute Gasteiger partial charge is 0.426 e. The number of carbonyl (C=O) groups excluding carboxylic acids is 2. The molecule has 102 valence electrons. The Morgan fingerprint density at radius 3 is 2.58 bits per heavy atom. The summed E-state index contributed by atoms with van der Waals surface area (Å²) in [5, 5.41) is 0. The fourth-order valence-electron chi connectivity index (χ4n) is 2.37. The van der Waals surface area contributed by atoms with E-state index in [1.807, 2.05) is 13.8 Å². The standard InChI is InChI=1S/C14H17NO4/c1-3-5-9-7-12(17)19-10-8-11(16)15(6-4-2)14(18)13(9)10/h7H,3-6,8H2,1-2H3. The number of hydrogen-bond donors (Lipinski definition) is 0. The molecule has 1 aliphatic heterocycles. The summed E-state index contributed by atoms with van der Waals surface area (Å²) in [5.41, 5.74) is 0.605. The van der Waals surface area contributed by atoms with Crippen LogP contribution in [0, 0.1) is 0 Å². The van der Waals surface area contributed by atoms with Gasteiger partial charge < -0.3 is 4.42 Å². The lowest BCUT2D eigenvalue weighted by Gasteiger charge is -2.26. The van der Waals surface area contributed by atoms with Crippen molar-refractivity contribution in [1.29, 1.82) is 0 Å². The molecule has 0 saturated carbocycles. The first-order valence-electron chi connectivity index (χ1n) is 6.59. The quantitative estimate of drug-likeness (QED) is 0.772. The highest BCUT2D eigenvalue weighted by atomic mass is 16.4. The maximum Gasteiger partial charge on any atom is 0.336 e. The Kier molecular flexibility index (Phi) is 3.83. The Morgan fingerprint density at radius 1 is 1.21 bits per heavy atom. The van der Waals surface area contributed by atoms with E-state index >= 15 is 0 Å². The third-order valence-electron chi connectivity index (χ3n) is 3.15. The van der Waals surface area contributed by atoms with Gasteiger partial charge in [0.2, 0.25) is 5.91 Å². The second-order valence-corrected chi connectivity index (χ2v) is 4.67. The van der Waals surface area contributed by atoms with Gasteiger partial charge >= 0.3 is 5.63 Å². The van der Waals surface area contributed by atoms with Gasteiger partial charge in [-0.15, -0.1) is 0 Å². The Hall–Kier alpha value is -1.91. The third-order valence-corrected chi connectivity index (χ3v) is 3.15. The zero-order chi connectivity index (χ0) is 14.0. The molecule has 0 unspecified atom stereocenters. The molecule has 5 heteroatoms. The molecule has 1 aliphatic rings. The van der Waals surface area contributed by atoms with Gasteiger partial charge in [-0.05, 0) is 18.4 Å². The molecule has 2 amide bonds. The second kappa shape index (κ2) is 5.38. The number of fused-ring (bicyclic) bond motifs is 1. The average Bonchev–Trinajstić information content (AvgIpc) is 2.34. The van der Waals surface area contributed by atoms with Crippen molar-refractivity contribution in [2.24, 2.45) is 0 Å². The number of nitrogens with zero attached hydrogens (tertiary/aromatic N) is 1. The molecule has 19 heavy (non-hydrogen) atoms. The first kappa shape index (κ1) is 13.5. The maximum atomic E-state index is 12.4. The van der Waals surface area contributed by atoms with Crippen LogP contribution in [0.4, 0.5) is 0 Å². The average molecular weight is 263 g/mol. The summed E-state index contributed by atoms with van der Waals surface area (Å²) in [5.74, 6) is -0.408. The fourth-order valence-corrected chi connectivity index (χ4v) is 2.37. The van der Waals surface area contributed by atoms with E-state index in [0.29, 0.717) is 30.5 Å². The van der Waals surface area contributed by atoms with Crippen LogP contribution in [-0.2, 0) is 17.6 Å². The highest BCUT2D eigenvalue weighted by Gasteiger charge is 2.34. The molecule has 0 bridgehead atoms. The van der Waals surface area contributed by atoms with Crippen LogP contribution in [0.15, 0.2) is 15.3 Å². The molecule has 2 rings (SSSR count). The van der Waals surface area contributed by atoms with Gasteiger partial charge in [0.25, 0.3) is 5.91 Å². The molecule has 5 nitrogen and oxygen atoms in total. The van der Waals surface area contributed by atoms with Gasteiger partial charge in [-0.2, -0.15) is 0 Å². The SMILES string of the molecule is CCCc1cc(=O)oc2c1C(=O)N(CCC)C(=O)C2. The van der Waals surface area contributed by atoms with Gasteiger partial charge in [-0.1, -0.05) is 20.3 Å². The van der Waals surface area contributed by atoms with E-state index in [4.69, 9.17) is 4.42 Å². The minimum absolute atomic E-state index is 0.00608. The summed E-state index contributed by atoms with van der Waals surface area (Å²) in [7, 11) is 0. The Bertz CT molecular complexity index is 573. The summed E-state index contributed by atoms with van der Waals surface area (Å²) >= 11 is 0. The number of amides is 2. The van der Waals surface area contributed by atoms with Crippen LogP contribution in [-0.4, -0.2) is 23.3 Å². The first-order chi connectivity index (χ1) is 9.08. The van der Waals surface area contributed by atoms with Crippen molar-refractivity contribution >= 4 is 11.8 Å². The minimum Gasteiger partial charge on any atom is -0.426 e. The molecule has 0 fully saturated rings. The van der Waals surface area contributed by atoms with Gasteiger partial charge in [0.15, 0.2) is 0 Å². The molecule has 0 spiro atoms. The topological polar surface area (TPSA) is 67.6 Å². The molecule has 1 aromatic rings. The zero-order valence-electron chi connectivity index (χ0n) is 11.2. The molecule has 0 atom stereocenters. The van der Waals surface area contributed by atoms with Crippen LogP contribution in [0.25, 0.3) is 0 Å². The molecule has 0 N–H and O–H groups in total. The molecule has 2 heterocycles. The van der Waals surface area contributed by atoms with Gasteiger partial charge in [-0.3, -0.25) is 14.5 Å². The predicted molar refractivity (Wildman–Crippen MR) is 69.0 cm³/mol. The predicted octanol–water partition coefficient (Wildman–Crippen LogP) is 1.53. The van der Waals surface area contributed by atoms with Crippen LogP contribution in [0.3, 0.4) is 0 Å². The Labute approximate surface area is 111 Å². The lowest BCUT2D eigenvalue weighted by molar-refractivity contribution is -0.128. The van der Waals surface area contributed by atoms with Gasteiger partial charge in [0, 0.05) is 12.6 Å². The van der Waals surface area contributed by atoms with Gasteiger partial charge in [0.05, 0.1) is 12.0 Å². The Morgan fingerprint density at radius 2 is 1.95 bits per heavy atom. The highest BCUT2D eigenvalue weighted by Crippen LogP contribution is 2.23. The van der Waals surface area contributed by atoms with Crippen molar-refractivity contribution in [3.63, 3.8) is 0 Å². The lowest BCUT2D eigenvalue weighted by atomic mass is 9.97. The minimum atomic E-state index is -0.494.